The monoisotopic (exact) mass is 714 g/mol. The first-order valence-electron chi connectivity index (χ1n) is 14.4. The Balaban J connectivity index is 0.000000194. The second kappa shape index (κ2) is 16.5. The van der Waals surface area contributed by atoms with Crippen molar-refractivity contribution >= 4 is 35.5 Å². The molecule has 0 aliphatic carbocycles. The molecule has 0 bridgehead atoms. The normalized spacial score (nSPS) is 10.5. The predicted octanol–water partition coefficient (Wildman–Crippen LogP) is 4.48. The molecular formula is C32H30N10O6S2. The van der Waals surface area contributed by atoms with Gasteiger partial charge in [-0.2, -0.15) is 10.2 Å². The molecule has 6 aromatic heterocycles. The van der Waals surface area contributed by atoms with E-state index in [1.165, 1.54) is 37.7 Å². The van der Waals surface area contributed by atoms with Crippen molar-refractivity contribution in [3.05, 3.63) is 84.7 Å². The van der Waals surface area contributed by atoms with E-state index >= 15 is 0 Å². The van der Waals surface area contributed by atoms with E-state index in [-0.39, 0.29) is 11.4 Å². The van der Waals surface area contributed by atoms with Crippen LogP contribution < -0.4 is 9.47 Å². The van der Waals surface area contributed by atoms with Gasteiger partial charge in [-0.15, -0.1) is 0 Å². The van der Waals surface area contributed by atoms with Crippen molar-refractivity contribution in [2.45, 2.75) is 10.3 Å². The van der Waals surface area contributed by atoms with Crippen LogP contribution in [0.2, 0.25) is 0 Å². The van der Waals surface area contributed by atoms with Gasteiger partial charge in [0.1, 0.15) is 0 Å². The molecule has 0 aliphatic rings. The Kier molecular flexibility index (Phi) is 11.7. The van der Waals surface area contributed by atoms with Gasteiger partial charge in [0.05, 0.1) is 75.0 Å². The van der Waals surface area contributed by atoms with Crippen molar-refractivity contribution in [1.29, 1.82) is 0 Å². The third-order valence-electron chi connectivity index (χ3n) is 6.71. The lowest BCUT2D eigenvalue weighted by Gasteiger charge is -2.07. The average Bonchev–Trinajstić information content (AvgIpc) is 3.84. The molecule has 256 valence electrons. The summed E-state index contributed by atoms with van der Waals surface area (Å²) >= 11 is 2.86. The van der Waals surface area contributed by atoms with E-state index in [0.29, 0.717) is 56.2 Å². The number of methoxy groups -OCH3 is 4. The minimum absolute atomic E-state index is 0.178. The zero-order chi connectivity index (χ0) is 35.6. The van der Waals surface area contributed by atoms with Gasteiger partial charge in [0, 0.05) is 36.7 Å². The van der Waals surface area contributed by atoms with E-state index in [1.807, 2.05) is 12.5 Å². The molecule has 0 N–H and O–H groups in total. The summed E-state index contributed by atoms with van der Waals surface area (Å²) in [4.78, 5) is 49.4. The van der Waals surface area contributed by atoms with E-state index in [9.17, 15) is 9.59 Å². The van der Waals surface area contributed by atoms with Crippen molar-refractivity contribution in [3.8, 4) is 45.9 Å². The Morgan fingerprint density at radius 1 is 0.600 bits per heavy atom. The van der Waals surface area contributed by atoms with Crippen molar-refractivity contribution in [3.63, 3.8) is 0 Å². The van der Waals surface area contributed by atoms with Crippen molar-refractivity contribution in [1.82, 2.24) is 49.5 Å². The quantitative estimate of drug-likeness (QED) is 0.110. The zero-order valence-electron chi connectivity index (χ0n) is 27.7. The van der Waals surface area contributed by atoms with E-state index in [4.69, 9.17) is 18.9 Å². The molecule has 6 aromatic rings. The van der Waals surface area contributed by atoms with Crippen LogP contribution in [0.4, 0.5) is 0 Å². The first-order chi connectivity index (χ1) is 24.3. The van der Waals surface area contributed by atoms with Gasteiger partial charge in [0.25, 0.3) is 0 Å². The van der Waals surface area contributed by atoms with Crippen molar-refractivity contribution in [2.75, 3.05) is 41.0 Å². The lowest BCUT2D eigenvalue weighted by molar-refractivity contribution is 0.0584. The molecule has 0 unspecified atom stereocenters. The Morgan fingerprint density at radius 2 is 1.02 bits per heavy atom. The van der Waals surface area contributed by atoms with Crippen LogP contribution in [0.3, 0.4) is 0 Å². The summed E-state index contributed by atoms with van der Waals surface area (Å²) < 4.78 is 22.9. The smallest absolute Gasteiger partial charge is 0.358 e. The fourth-order valence-corrected chi connectivity index (χ4v) is 5.04. The zero-order valence-corrected chi connectivity index (χ0v) is 29.3. The first kappa shape index (κ1) is 35.4. The van der Waals surface area contributed by atoms with Crippen LogP contribution in [-0.4, -0.2) is 102 Å². The Bertz CT molecular complexity index is 1940. The van der Waals surface area contributed by atoms with Crippen LogP contribution in [0.1, 0.15) is 21.0 Å². The molecule has 0 radical (unpaired) electrons. The molecular weight excluding hydrogens is 685 g/mol. The highest BCUT2D eigenvalue weighted by molar-refractivity contribution is 7.98. The van der Waals surface area contributed by atoms with Gasteiger partial charge in [0.2, 0.25) is 11.8 Å². The molecule has 0 spiro atoms. The van der Waals surface area contributed by atoms with Crippen LogP contribution in [0, 0.1) is 0 Å². The van der Waals surface area contributed by atoms with Crippen LogP contribution in [0.25, 0.3) is 34.2 Å². The summed E-state index contributed by atoms with van der Waals surface area (Å²) in [5.74, 6) is -0.0871. The number of carbonyl (C=O) groups excluding carboxylic acids is 2. The van der Waals surface area contributed by atoms with Gasteiger partial charge in [-0.1, -0.05) is 23.5 Å². The number of pyridine rings is 2. The topological polar surface area (TPSA) is 184 Å². The van der Waals surface area contributed by atoms with Crippen LogP contribution in [0.5, 0.6) is 11.8 Å². The number of aromatic nitrogens is 10. The summed E-state index contributed by atoms with van der Waals surface area (Å²) in [6.07, 6.45) is 10.3. The fourth-order valence-electron chi connectivity index (χ4n) is 4.33. The largest absolute Gasteiger partial charge is 0.481 e. The third kappa shape index (κ3) is 8.04. The SMILES string of the molecule is COC(=O)c1cc(-c2ccnc(SC)n2)n(-c2ccc(OC)nc2)n1.COC(=O)c1cc(-c2ccnc(SC)n2)n(-c2ccc(OC)nc2)n1. The second-order valence-electron chi connectivity index (χ2n) is 9.61. The molecule has 18 heteroatoms. The van der Waals surface area contributed by atoms with Gasteiger partial charge in [0.15, 0.2) is 21.7 Å². The average molecular weight is 715 g/mol. The van der Waals surface area contributed by atoms with Gasteiger partial charge in [-0.05, 0) is 36.8 Å². The van der Waals surface area contributed by atoms with Crippen molar-refractivity contribution in [2.24, 2.45) is 0 Å². The lowest BCUT2D eigenvalue weighted by Crippen LogP contribution is -2.05. The molecule has 0 saturated heterocycles. The molecule has 6 rings (SSSR count). The van der Waals surface area contributed by atoms with Gasteiger partial charge in [-0.25, -0.2) is 48.9 Å². The molecule has 0 aliphatic heterocycles. The van der Waals surface area contributed by atoms with E-state index in [2.05, 4.69) is 40.1 Å². The Morgan fingerprint density at radius 3 is 1.34 bits per heavy atom. The number of nitrogens with zero attached hydrogens (tertiary/aromatic N) is 10. The number of esters is 2. The maximum Gasteiger partial charge on any atom is 0.358 e. The molecule has 0 amide bonds. The number of hydrogen-bond acceptors (Lipinski definition) is 16. The van der Waals surface area contributed by atoms with Crippen LogP contribution in [0.15, 0.2) is 83.6 Å². The molecule has 0 atom stereocenters. The van der Waals surface area contributed by atoms with E-state index in [1.54, 1.807) is 96.9 Å². The molecule has 16 nitrogen and oxygen atoms in total. The number of hydrogen-bond donors (Lipinski definition) is 0. The van der Waals surface area contributed by atoms with Gasteiger partial charge < -0.3 is 18.9 Å². The Labute approximate surface area is 294 Å². The highest BCUT2D eigenvalue weighted by Crippen LogP contribution is 2.26. The highest BCUT2D eigenvalue weighted by Gasteiger charge is 2.20. The maximum atomic E-state index is 11.9. The third-order valence-corrected chi connectivity index (χ3v) is 7.84. The molecule has 0 saturated carbocycles. The van der Waals surface area contributed by atoms with Crippen LogP contribution >= 0.6 is 23.5 Å². The van der Waals surface area contributed by atoms with Gasteiger partial charge in [-0.3, -0.25) is 0 Å². The first-order valence-corrected chi connectivity index (χ1v) is 16.9. The second-order valence-corrected chi connectivity index (χ2v) is 11.2. The number of thioether (sulfide) groups is 2. The van der Waals surface area contributed by atoms with Crippen molar-refractivity contribution < 1.29 is 28.5 Å². The van der Waals surface area contributed by atoms with E-state index in [0.717, 1.165) is 0 Å². The minimum atomic E-state index is -0.527. The summed E-state index contributed by atoms with van der Waals surface area (Å²) in [5.41, 5.74) is 4.21. The Hall–Kier alpha value is -5.88. The molecule has 50 heavy (non-hydrogen) atoms. The predicted molar refractivity (Wildman–Crippen MR) is 184 cm³/mol. The van der Waals surface area contributed by atoms with Gasteiger partial charge >= 0.3 is 11.9 Å². The van der Waals surface area contributed by atoms with Crippen LogP contribution in [-0.2, 0) is 9.47 Å². The summed E-state index contributed by atoms with van der Waals surface area (Å²) in [5, 5.41) is 9.91. The standard InChI is InChI=1S/2C16H15N5O3S/c2*1-23-14-5-4-10(9-18-14)21-13(8-12(20-21)15(22)24-2)11-6-7-17-16(19-11)25-3/h2*4-9H,1-3H3. The molecule has 0 fully saturated rings. The maximum absolute atomic E-state index is 11.9. The number of carbonyl (C=O) groups is 2. The molecule has 0 aromatic carbocycles. The van der Waals surface area contributed by atoms with E-state index < -0.39 is 11.9 Å². The molecule has 6 heterocycles. The lowest BCUT2D eigenvalue weighted by atomic mass is 10.2. The number of rotatable bonds is 10. The highest BCUT2D eigenvalue weighted by atomic mass is 32.2. The summed E-state index contributed by atoms with van der Waals surface area (Å²) in [6, 6.07) is 13.8. The minimum Gasteiger partial charge on any atom is -0.481 e. The summed E-state index contributed by atoms with van der Waals surface area (Å²) in [6.45, 7) is 0. The number of ether oxygens (including phenoxy) is 4. The summed E-state index contributed by atoms with van der Waals surface area (Å²) in [7, 11) is 5.71. The fraction of sp³-hybridized carbons (Fsp3) is 0.188.